The Morgan fingerprint density at radius 2 is 2.20 bits per heavy atom. The van der Waals surface area contributed by atoms with E-state index >= 15 is 0 Å². The number of amides is 1. The maximum absolute atomic E-state index is 12.0. The zero-order valence-corrected chi connectivity index (χ0v) is 11.1. The summed E-state index contributed by atoms with van der Waals surface area (Å²) in [5.41, 5.74) is 1.27. The molecule has 2 aromatic rings. The zero-order valence-electron chi connectivity index (χ0n) is 11.1. The standard InChI is InChI=1S/C14H14N4O2/c1-10-3-2-4-13(17-10)20-11-8-18(9-11)14(19)12-7-15-5-6-16-12/h2-7,11H,8-9H2,1H3. The Morgan fingerprint density at radius 3 is 2.90 bits per heavy atom. The average molecular weight is 270 g/mol. The van der Waals surface area contributed by atoms with E-state index < -0.39 is 0 Å². The summed E-state index contributed by atoms with van der Waals surface area (Å²) in [4.78, 5) is 25.9. The van der Waals surface area contributed by atoms with Crippen molar-refractivity contribution >= 4 is 5.91 Å². The molecule has 0 unspecified atom stereocenters. The Bertz CT molecular complexity index is 612. The van der Waals surface area contributed by atoms with Crippen LogP contribution in [0.25, 0.3) is 0 Å². The van der Waals surface area contributed by atoms with Gasteiger partial charge < -0.3 is 9.64 Å². The topological polar surface area (TPSA) is 68.2 Å². The van der Waals surface area contributed by atoms with Gasteiger partial charge in [0.05, 0.1) is 19.3 Å². The van der Waals surface area contributed by atoms with Gasteiger partial charge in [-0.05, 0) is 13.0 Å². The van der Waals surface area contributed by atoms with Gasteiger partial charge in [0, 0.05) is 24.2 Å². The van der Waals surface area contributed by atoms with Gasteiger partial charge >= 0.3 is 0 Å². The van der Waals surface area contributed by atoms with Crippen LogP contribution in [0.2, 0.25) is 0 Å². The predicted molar refractivity (Wildman–Crippen MR) is 71.3 cm³/mol. The molecule has 102 valence electrons. The van der Waals surface area contributed by atoms with Crippen LogP contribution in [0, 0.1) is 6.92 Å². The van der Waals surface area contributed by atoms with Crippen LogP contribution in [0.4, 0.5) is 0 Å². The van der Waals surface area contributed by atoms with Crippen LogP contribution in [-0.4, -0.2) is 45.0 Å². The Hall–Kier alpha value is -2.50. The number of pyridine rings is 1. The molecule has 0 radical (unpaired) electrons. The molecule has 0 spiro atoms. The van der Waals surface area contributed by atoms with E-state index in [1.165, 1.54) is 12.4 Å². The van der Waals surface area contributed by atoms with Gasteiger partial charge in [-0.25, -0.2) is 9.97 Å². The van der Waals surface area contributed by atoms with Crippen LogP contribution in [0.3, 0.4) is 0 Å². The number of aromatic nitrogens is 3. The first kappa shape index (κ1) is 12.5. The molecule has 6 heteroatoms. The van der Waals surface area contributed by atoms with Gasteiger partial charge in [-0.2, -0.15) is 0 Å². The van der Waals surface area contributed by atoms with E-state index in [0.29, 0.717) is 24.7 Å². The van der Waals surface area contributed by atoms with Crippen molar-refractivity contribution in [2.75, 3.05) is 13.1 Å². The highest BCUT2D eigenvalue weighted by Gasteiger charge is 2.33. The number of ether oxygens (including phenoxy) is 1. The summed E-state index contributed by atoms with van der Waals surface area (Å²) in [6.07, 6.45) is 4.52. The second-order valence-corrected chi connectivity index (χ2v) is 4.66. The fourth-order valence-corrected chi connectivity index (χ4v) is 2.00. The van der Waals surface area contributed by atoms with Crippen molar-refractivity contribution in [1.29, 1.82) is 0 Å². The van der Waals surface area contributed by atoms with Crippen molar-refractivity contribution in [2.45, 2.75) is 13.0 Å². The first-order valence-electron chi connectivity index (χ1n) is 6.38. The van der Waals surface area contributed by atoms with E-state index in [2.05, 4.69) is 15.0 Å². The Labute approximate surface area is 116 Å². The van der Waals surface area contributed by atoms with Crippen LogP contribution in [0.1, 0.15) is 16.2 Å². The van der Waals surface area contributed by atoms with Crippen LogP contribution < -0.4 is 4.74 Å². The molecule has 0 aliphatic carbocycles. The van der Waals surface area contributed by atoms with Crippen molar-refractivity contribution in [3.8, 4) is 5.88 Å². The lowest BCUT2D eigenvalue weighted by atomic mass is 10.1. The summed E-state index contributed by atoms with van der Waals surface area (Å²) in [5, 5.41) is 0. The predicted octanol–water partition coefficient (Wildman–Crippen LogP) is 1.08. The van der Waals surface area contributed by atoms with E-state index in [4.69, 9.17) is 4.74 Å². The lowest BCUT2D eigenvalue weighted by Crippen LogP contribution is -2.56. The highest BCUT2D eigenvalue weighted by Crippen LogP contribution is 2.17. The molecular weight excluding hydrogens is 256 g/mol. The van der Waals surface area contributed by atoms with Gasteiger partial charge in [0.15, 0.2) is 0 Å². The molecule has 0 N–H and O–H groups in total. The van der Waals surface area contributed by atoms with Crippen molar-refractivity contribution < 1.29 is 9.53 Å². The van der Waals surface area contributed by atoms with E-state index in [0.717, 1.165) is 5.69 Å². The Balaban J connectivity index is 1.55. The molecular formula is C14H14N4O2. The number of carbonyl (C=O) groups excluding carboxylic acids is 1. The van der Waals surface area contributed by atoms with Crippen molar-refractivity contribution in [2.24, 2.45) is 0 Å². The van der Waals surface area contributed by atoms with Gasteiger partial charge in [-0.15, -0.1) is 0 Å². The molecule has 20 heavy (non-hydrogen) atoms. The van der Waals surface area contributed by atoms with Gasteiger partial charge in [0.25, 0.3) is 5.91 Å². The maximum Gasteiger partial charge on any atom is 0.274 e. The second-order valence-electron chi connectivity index (χ2n) is 4.66. The van der Waals surface area contributed by atoms with E-state index in [9.17, 15) is 4.79 Å². The van der Waals surface area contributed by atoms with E-state index in [1.807, 2.05) is 25.1 Å². The highest BCUT2D eigenvalue weighted by atomic mass is 16.5. The molecule has 0 saturated carbocycles. The Morgan fingerprint density at radius 1 is 1.35 bits per heavy atom. The SMILES string of the molecule is Cc1cccc(OC2CN(C(=O)c3cnccn3)C2)n1. The highest BCUT2D eigenvalue weighted by molar-refractivity contribution is 5.92. The van der Waals surface area contributed by atoms with Gasteiger partial charge in [0.1, 0.15) is 11.8 Å². The smallest absolute Gasteiger partial charge is 0.274 e. The quantitative estimate of drug-likeness (QED) is 0.835. The maximum atomic E-state index is 12.0. The molecule has 2 aromatic heterocycles. The second kappa shape index (κ2) is 5.24. The summed E-state index contributed by atoms with van der Waals surface area (Å²) >= 11 is 0. The molecule has 1 aliphatic rings. The van der Waals surface area contributed by atoms with Crippen LogP contribution in [-0.2, 0) is 0 Å². The monoisotopic (exact) mass is 270 g/mol. The van der Waals surface area contributed by atoms with E-state index in [-0.39, 0.29) is 12.0 Å². The lowest BCUT2D eigenvalue weighted by molar-refractivity contribution is 0.0155. The van der Waals surface area contributed by atoms with Gasteiger partial charge in [-0.3, -0.25) is 9.78 Å². The minimum absolute atomic E-state index is 0.00933. The molecule has 1 aliphatic heterocycles. The Kier molecular flexibility index (Phi) is 3.28. The lowest BCUT2D eigenvalue weighted by Gasteiger charge is -2.38. The molecule has 3 rings (SSSR count). The third kappa shape index (κ3) is 2.59. The molecule has 1 fully saturated rings. The first-order valence-corrected chi connectivity index (χ1v) is 6.38. The number of rotatable bonds is 3. The number of hydrogen-bond acceptors (Lipinski definition) is 5. The van der Waals surface area contributed by atoms with Crippen molar-refractivity contribution in [3.63, 3.8) is 0 Å². The molecule has 3 heterocycles. The van der Waals surface area contributed by atoms with Crippen LogP contribution in [0.5, 0.6) is 5.88 Å². The number of aryl methyl sites for hydroxylation is 1. The van der Waals surface area contributed by atoms with E-state index in [1.54, 1.807) is 11.1 Å². The molecule has 1 saturated heterocycles. The van der Waals surface area contributed by atoms with Crippen molar-refractivity contribution in [1.82, 2.24) is 19.9 Å². The third-order valence-corrected chi connectivity index (χ3v) is 3.07. The zero-order chi connectivity index (χ0) is 13.9. The van der Waals surface area contributed by atoms with Gasteiger partial charge in [0.2, 0.25) is 5.88 Å². The average Bonchev–Trinajstić information content (AvgIpc) is 2.43. The number of nitrogens with zero attached hydrogens (tertiary/aromatic N) is 4. The molecule has 0 atom stereocenters. The summed E-state index contributed by atoms with van der Waals surface area (Å²) < 4.78 is 5.71. The summed E-state index contributed by atoms with van der Waals surface area (Å²) in [5.74, 6) is 0.483. The minimum atomic E-state index is -0.116. The summed E-state index contributed by atoms with van der Waals surface area (Å²) in [6.45, 7) is 3.01. The molecule has 1 amide bonds. The summed E-state index contributed by atoms with van der Waals surface area (Å²) in [7, 11) is 0. The summed E-state index contributed by atoms with van der Waals surface area (Å²) in [6, 6.07) is 5.64. The number of likely N-dealkylation sites (tertiary alicyclic amines) is 1. The first-order chi connectivity index (χ1) is 9.72. The molecule has 6 nitrogen and oxygen atoms in total. The minimum Gasteiger partial charge on any atom is -0.471 e. The van der Waals surface area contributed by atoms with Crippen molar-refractivity contribution in [3.05, 3.63) is 48.2 Å². The van der Waals surface area contributed by atoms with Crippen LogP contribution >= 0.6 is 0 Å². The van der Waals surface area contributed by atoms with Crippen LogP contribution in [0.15, 0.2) is 36.8 Å². The van der Waals surface area contributed by atoms with Gasteiger partial charge in [-0.1, -0.05) is 6.07 Å². The number of carbonyl (C=O) groups is 1. The number of hydrogen-bond donors (Lipinski definition) is 0. The fraction of sp³-hybridized carbons (Fsp3) is 0.286. The third-order valence-electron chi connectivity index (χ3n) is 3.07. The fourth-order valence-electron chi connectivity index (χ4n) is 2.00. The largest absolute Gasteiger partial charge is 0.471 e. The molecule has 0 bridgehead atoms. The normalized spacial score (nSPS) is 14.8. The molecule has 0 aromatic carbocycles.